The Labute approximate surface area is 117 Å². The van der Waals surface area contributed by atoms with Crippen molar-refractivity contribution in [3.63, 3.8) is 0 Å². The van der Waals surface area contributed by atoms with Crippen molar-refractivity contribution in [3.05, 3.63) is 12.2 Å². The van der Waals surface area contributed by atoms with Crippen molar-refractivity contribution in [2.45, 2.75) is 45.4 Å². The van der Waals surface area contributed by atoms with Gasteiger partial charge in [0.2, 0.25) is 0 Å². The molecule has 0 fully saturated rings. The number of hydrogen-bond acceptors (Lipinski definition) is 6. The summed E-state index contributed by atoms with van der Waals surface area (Å²) in [6.45, 7) is 6.67. The van der Waals surface area contributed by atoms with Gasteiger partial charge in [-0.3, -0.25) is 4.79 Å². The maximum atomic E-state index is 12.0. The Morgan fingerprint density at radius 2 is 1.90 bits per heavy atom. The SMILES string of the molecule is COC(=O)O[C@@H]1C=CC(=O)N(C(=O)OC(C)(C)C)[C@H]1C. The van der Waals surface area contributed by atoms with E-state index in [1.54, 1.807) is 27.7 Å². The Bertz CT molecular complexity index is 437. The molecule has 1 aliphatic heterocycles. The molecule has 7 heteroatoms. The molecule has 0 aliphatic carbocycles. The minimum Gasteiger partial charge on any atom is -0.443 e. The zero-order valence-corrected chi connectivity index (χ0v) is 12.2. The van der Waals surface area contributed by atoms with Crippen LogP contribution in [0.1, 0.15) is 27.7 Å². The largest absolute Gasteiger partial charge is 0.508 e. The van der Waals surface area contributed by atoms with Crippen molar-refractivity contribution in [3.8, 4) is 0 Å². The van der Waals surface area contributed by atoms with Gasteiger partial charge in [-0.2, -0.15) is 0 Å². The van der Waals surface area contributed by atoms with Crippen LogP contribution in [0.4, 0.5) is 9.59 Å². The minimum absolute atomic E-state index is 0.517. The lowest BCUT2D eigenvalue weighted by molar-refractivity contribution is -0.130. The summed E-state index contributed by atoms with van der Waals surface area (Å²) in [5, 5.41) is 0. The highest BCUT2D eigenvalue weighted by molar-refractivity contribution is 6.00. The molecular weight excluding hydrogens is 266 g/mol. The van der Waals surface area contributed by atoms with Crippen LogP contribution >= 0.6 is 0 Å². The van der Waals surface area contributed by atoms with Gasteiger partial charge in [0.25, 0.3) is 5.91 Å². The standard InChI is InChI=1S/C13H19NO6/c1-8-9(19-12(17)18-5)6-7-10(15)14(8)11(16)20-13(2,3)4/h6-9H,1-5H3/t8-,9+/m0/s1. The van der Waals surface area contributed by atoms with Crippen LogP contribution < -0.4 is 0 Å². The highest BCUT2D eigenvalue weighted by Crippen LogP contribution is 2.20. The third-order valence-electron chi connectivity index (χ3n) is 2.54. The molecule has 0 aromatic rings. The zero-order valence-electron chi connectivity index (χ0n) is 12.2. The van der Waals surface area contributed by atoms with E-state index in [1.807, 2.05) is 0 Å². The lowest BCUT2D eigenvalue weighted by Gasteiger charge is -2.34. The number of hydrogen-bond donors (Lipinski definition) is 0. The van der Waals surface area contributed by atoms with Crippen molar-refractivity contribution in [2.75, 3.05) is 7.11 Å². The molecule has 1 rings (SSSR count). The van der Waals surface area contributed by atoms with Crippen LogP contribution in [0.5, 0.6) is 0 Å². The average Bonchev–Trinajstić information content (AvgIpc) is 2.30. The number of nitrogens with zero attached hydrogens (tertiary/aromatic N) is 1. The quantitative estimate of drug-likeness (QED) is 0.684. The molecule has 2 atom stereocenters. The molecule has 0 unspecified atom stereocenters. The van der Waals surface area contributed by atoms with E-state index in [9.17, 15) is 14.4 Å². The summed E-state index contributed by atoms with van der Waals surface area (Å²) >= 11 is 0. The molecule has 0 aromatic carbocycles. The first-order valence-electron chi connectivity index (χ1n) is 6.14. The highest BCUT2D eigenvalue weighted by atomic mass is 16.7. The summed E-state index contributed by atoms with van der Waals surface area (Å²) in [4.78, 5) is 35.8. The second-order valence-corrected chi connectivity index (χ2v) is 5.32. The number of carbonyl (C=O) groups excluding carboxylic acids is 3. The zero-order chi connectivity index (χ0) is 15.5. The molecule has 1 heterocycles. The first-order valence-corrected chi connectivity index (χ1v) is 6.14. The molecule has 0 bridgehead atoms. The van der Waals surface area contributed by atoms with Crippen LogP contribution in [0.3, 0.4) is 0 Å². The number of carbonyl (C=O) groups is 3. The van der Waals surface area contributed by atoms with Crippen LogP contribution in [-0.4, -0.2) is 47.9 Å². The summed E-state index contributed by atoms with van der Waals surface area (Å²) in [5.41, 5.74) is -0.725. The Hall–Kier alpha value is -2.05. The number of imide groups is 1. The van der Waals surface area contributed by atoms with E-state index in [2.05, 4.69) is 4.74 Å². The van der Waals surface area contributed by atoms with Crippen LogP contribution in [-0.2, 0) is 19.0 Å². The molecule has 2 amide bonds. The Kier molecular flexibility index (Phi) is 4.75. The molecule has 0 saturated heterocycles. The molecule has 112 valence electrons. The fourth-order valence-corrected chi connectivity index (χ4v) is 1.63. The van der Waals surface area contributed by atoms with Gasteiger partial charge < -0.3 is 14.2 Å². The lowest BCUT2D eigenvalue weighted by atomic mass is 10.1. The van der Waals surface area contributed by atoms with Crippen LogP contribution in [0.25, 0.3) is 0 Å². The topological polar surface area (TPSA) is 82.1 Å². The van der Waals surface area contributed by atoms with Crippen LogP contribution in [0, 0.1) is 0 Å². The van der Waals surface area contributed by atoms with E-state index >= 15 is 0 Å². The van der Waals surface area contributed by atoms with E-state index in [0.29, 0.717) is 0 Å². The third-order valence-corrected chi connectivity index (χ3v) is 2.54. The van der Waals surface area contributed by atoms with Crippen molar-refractivity contribution in [1.29, 1.82) is 0 Å². The molecule has 7 nitrogen and oxygen atoms in total. The van der Waals surface area contributed by atoms with E-state index in [-0.39, 0.29) is 0 Å². The normalized spacial score (nSPS) is 22.4. The summed E-state index contributed by atoms with van der Waals surface area (Å²) in [5.74, 6) is -0.517. The molecular formula is C13H19NO6. The smallest absolute Gasteiger partial charge is 0.443 e. The van der Waals surface area contributed by atoms with Crippen LogP contribution in [0.15, 0.2) is 12.2 Å². The van der Waals surface area contributed by atoms with Crippen molar-refractivity contribution in [1.82, 2.24) is 4.90 Å². The second kappa shape index (κ2) is 5.94. The van der Waals surface area contributed by atoms with Gasteiger partial charge in [0.1, 0.15) is 11.7 Å². The number of methoxy groups -OCH3 is 1. The van der Waals surface area contributed by atoms with E-state index < -0.39 is 35.9 Å². The van der Waals surface area contributed by atoms with Gasteiger partial charge in [-0.15, -0.1) is 0 Å². The fourth-order valence-electron chi connectivity index (χ4n) is 1.63. The summed E-state index contributed by atoms with van der Waals surface area (Å²) in [7, 11) is 1.18. The molecule has 1 aliphatic rings. The maximum Gasteiger partial charge on any atom is 0.508 e. The van der Waals surface area contributed by atoms with Gasteiger partial charge in [-0.1, -0.05) is 0 Å². The fraction of sp³-hybridized carbons (Fsp3) is 0.615. The molecule has 0 spiro atoms. The predicted octanol–water partition coefficient (Wildman–Crippen LogP) is 1.86. The number of amides is 2. The van der Waals surface area contributed by atoms with Gasteiger partial charge in [0.15, 0.2) is 0 Å². The third kappa shape index (κ3) is 3.97. The Morgan fingerprint density at radius 3 is 2.40 bits per heavy atom. The molecule has 20 heavy (non-hydrogen) atoms. The second-order valence-electron chi connectivity index (χ2n) is 5.32. The molecule has 0 N–H and O–H groups in total. The Balaban J connectivity index is 2.86. The number of ether oxygens (including phenoxy) is 3. The minimum atomic E-state index is -0.884. The van der Waals surface area contributed by atoms with Gasteiger partial charge in [0.05, 0.1) is 13.2 Å². The van der Waals surface area contributed by atoms with Gasteiger partial charge in [0, 0.05) is 6.08 Å². The molecule has 0 radical (unpaired) electrons. The lowest BCUT2D eigenvalue weighted by Crippen LogP contribution is -2.52. The van der Waals surface area contributed by atoms with E-state index in [4.69, 9.17) is 9.47 Å². The summed E-state index contributed by atoms with van der Waals surface area (Å²) in [6, 6.07) is -0.679. The van der Waals surface area contributed by atoms with Gasteiger partial charge in [-0.25, -0.2) is 14.5 Å². The Morgan fingerprint density at radius 1 is 1.30 bits per heavy atom. The summed E-state index contributed by atoms with van der Waals surface area (Å²) in [6.07, 6.45) is 0.137. The van der Waals surface area contributed by atoms with Gasteiger partial charge >= 0.3 is 12.2 Å². The molecule has 0 saturated carbocycles. The summed E-state index contributed by atoms with van der Waals surface area (Å²) < 4.78 is 14.5. The van der Waals surface area contributed by atoms with Crippen molar-refractivity contribution < 1.29 is 28.6 Å². The van der Waals surface area contributed by atoms with E-state index in [1.165, 1.54) is 13.2 Å². The maximum absolute atomic E-state index is 12.0. The van der Waals surface area contributed by atoms with Gasteiger partial charge in [-0.05, 0) is 33.8 Å². The highest BCUT2D eigenvalue weighted by Gasteiger charge is 2.38. The number of rotatable bonds is 1. The monoisotopic (exact) mass is 285 g/mol. The van der Waals surface area contributed by atoms with E-state index in [0.717, 1.165) is 11.0 Å². The van der Waals surface area contributed by atoms with Crippen LogP contribution in [0.2, 0.25) is 0 Å². The first-order chi connectivity index (χ1) is 9.15. The predicted molar refractivity (Wildman–Crippen MR) is 69.0 cm³/mol. The van der Waals surface area contributed by atoms with Crippen molar-refractivity contribution in [2.24, 2.45) is 0 Å². The first kappa shape index (κ1) is 16.0. The van der Waals surface area contributed by atoms with Crippen molar-refractivity contribution >= 4 is 18.2 Å². The average molecular weight is 285 g/mol. The molecule has 0 aromatic heterocycles.